The monoisotopic (exact) mass is 234 g/mol. The summed E-state index contributed by atoms with van der Waals surface area (Å²) in [6.07, 6.45) is 5.59. The SMILES string of the molecule is CNc1nccc(N2CCCC(C)(C)CC2)n1. The van der Waals surface area contributed by atoms with E-state index in [2.05, 4.69) is 34.0 Å². The van der Waals surface area contributed by atoms with Gasteiger partial charge in [-0.25, -0.2) is 4.98 Å². The lowest BCUT2D eigenvalue weighted by atomic mass is 9.85. The first-order valence-electron chi connectivity index (χ1n) is 6.36. The van der Waals surface area contributed by atoms with Gasteiger partial charge in [-0.2, -0.15) is 4.98 Å². The van der Waals surface area contributed by atoms with Gasteiger partial charge in [-0.05, 0) is 30.7 Å². The minimum Gasteiger partial charge on any atom is -0.357 e. The molecule has 1 aromatic rings. The molecule has 2 heterocycles. The van der Waals surface area contributed by atoms with Gasteiger partial charge in [0.1, 0.15) is 5.82 Å². The van der Waals surface area contributed by atoms with Gasteiger partial charge in [0.2, 0.25) is 5.95 Å². The van der Waals surface area contributed by atoms with Crippen molar-refractivity contribution in [3.63, 3.8) is 0 Å². The number of aromatic nitrogens is 2. The molecule has 0 radical (unpaired) electrons. The fraction of sp³-hybridized carbons (Fsp3) is 0.692. The molecule has 1 aromatic heterocycles. The van der Waals surface area contributed by atoms with E-state index in [1.54, 1.807) is 0 Å². The van der Waals surface area contributed by atoms with Crippen LogP contribution in [0.15, 0.2) is 12.3 Å². The Morgan fingerprint density at radius 2 is 2.12 bits per heavy atom. The van der Waals surface area contributed by atoms with Gasteiger partial charge in [0, 0.05) is 26.3 Å². The van der Waals surface area contributed by atoms with Crippen LogP contribution in [0.2, 0.25) is 0 Å². The highest BCUT2D eigenvalue weighted by atomic mass is 15.2. The minimum absolute atomic E-state index is 0.466. The number of nitrogens with zero attached hydrogens (tertiary/aromatic N) is 3. The van der Waals surface area contributed by atoms with E-state index in [0.717, 1.165) is 18.9 Å². The van der Waals surface area contributed by atoms with Gasteiger partial charge in [0.05, 0.1) is 0 Å². The van der Waals surface area contributed by atoms with Crippen molar-refractivity contribution in [2.75, 3.05) is 30.4 Å². The second-order valence-electron chi connectivity index (χ2n) is 5.49. The zero-order chi connectivity index (χ0) is 12.3. The van der Waals surface area contributed by atoms with Crippen LogP contribution in [-0.4, -0.2) is 30.1 Å². The molecule has 1 aliphatic rings. The summed E-state index contributed by atoms with van der Waals surface area (Å²) >= 11 is 0. The summed E-state index contributed by atoms with van der Waals surface area (Å²) in [5.74, 6) is 1.74. The number of nitrogens with one attached hydrogen (secondary N) is 1. The van der Waals surface area contributed by atoms with Gasteiger partial charge in [-0.1, -0.05) is 13.8 Å². The first-order chi connectivity index (χ1) is 8.11. The normalized spacial score (nSPS) is 19.8. The third kappa shape index (κ3) is 3.08. The summed E-state index contributed by atoms with van der Waals surface area (Å²) in [6, 6.07) is 2.00. The quantitative estimate of drug-likeness (QED) is 0.853. The topological polar surface area (TPSA) is 41.1 Å². The van der Waals surface area contributed by atoms with Gasteiger partial charge >= 0.3 is 0 Å². The van der Waals surface area contributed by atoms with Crippen LogP contribution in [0.25, 0.3) is 0 Å². The van der Waals surface area contributed by atoms with Crippen LogP contribution < -0.4 is 10.2 Å². The van der Waals surface area contributed by atoms with Crippen LogP contribution in [0, 0.1) is 5.41 Å². The molecule has 0 amide bonds. The summed E-state index contributed by atoms with van der Waals surface area (Å²) in [6.45, 7) is 6.90. The van der Waals surface area contributed by atoms with Gasteiger partial charge in [0.25, 0.3) is 0 Å². The van der Waals surface area contributed by atoms with Crippen LogP contribution in [0.3, 0.4) is 0 Å². The Bertz CT molecular complexity index is 375. The molecule has 0 atom stereocenters. The molecule has 4 heteroatoms. The molecule has 94 valence electrons. The second kappa shape index (κ2) is 4.90. The maximum Gasteiger partial charge on any atom is 0.224 e. The predicted octanol–water partition coefficient (Wildman–Crippen LogP) is 2.53. The van der Waals surface area contributed by atoms with Crippen LogP contribution in [0.5, 0.6) is 0 Å². The molecule has 0 spiro atoms. The third-order valence-corrected chi connectivity index (χ3v) is 3.53. The molecule has 1 fully saturated rings. The Morgan fingerprint density at radius 1 is 1.29 bits per heavy atom. The molecule has 0 aliphatic carbocycles. The van der Waals surface area contributed by atoms with Crippen LogP contribution >= 0.6 is 0 Å². The molecule has 0 bridgehead atoms. The zero-order valence-electron chi connectivity index (χ0n) is 11.0. The predicted molar refractivity (Wildman–Crippen MR) is 71.4 cm³/mol. The Balaban J connectivity index is 2.11. The molecule has 1 N–H and O–H groups in total. The van der Waals surface area contributed by atoms with Crippen LogP contribution in [-0.2, 0) is 0 Å². The van der Waals surface area contributed by atoms with E-state index in [0.29, 0.717) is 11.4 Å². The van der Waals surface area contributed by atoms with E-state index in [1.807, 2.05) is 19.3 Å². The molecule has 0 aromatic carbocycles. The Labute approximate surface area is 103 Å². The number of rotatable bonds is 2. The number of anilines is 2. The molecular formula is C13H22N4. The van der Waals surface area contributed by atoms with Crippen molar-refractivity contribution in [3.8, 4) is 0 Å². The molecule has 0 unspecified atom stereocenters. The fourth-order valence-corrected chi connectivity index (χ4v) is 2.30. The van der Waals surface area contributed by atoms with E-state index in [-0.39, 0.29) is 0 Å². The molecule has 17 heavy (non-hydrogen) atoms. The highest BCUT2D eigenvalue weighted by Crippen LogP contribution is 2.31. The average molecular weight is 234 g/mol. The van der Waals surface area contributed by atoms with Crippen molar-refractivity contribution < 1.29 is 0 Å². The van der Waals surface area contributed by atoms with Gasteiger partial charge in [-0.3, -0.25) is 0 Å². The lowest BCUT2D eigenvalue weighted by Crippen LogP contribution is -2.26. The number of hydrogen-bond donors (Lipinski definition) is 1. The lowest BCUT2D eigenvalue weighted by Gasteiger charge is -2.24. The first kappa shape index (κ1) is 12.1. The largest absolute Gasteiger partial charge is 0.357 e. The Hall–Kier alpha value is -1.32. The minimum atomic E-state index is 0.466. The van der Waals surface area contributed by atoms with Gasteiger partial charge in [-0.15, -0.1) is 0 Å². The Morgan fingerprint density at radius 3 is 2.88 bits per heavy atom. The molecule has 1 saturated heterocycles. The molecule has 1 aliphatic heterocycles. The van der Waals surface area contributed by atoms with Crippen molar-refractivity contribution in [2.45, 2.75) is 33.1 Å². The first-order valence-corrected chi connectivity index (χ1v) is 6.36. The fourth-order valence-electron chi connectivity index (χ4n) is 2.30. The van der Waals surface area contributed by atoms with Crippen molar-refractivity contribution in [1.29, 1.82) is 0 Å². The van der Waals surface area contributed by atoms with E-state index >= 15 is 0 Å². The third-order valence-electron chi connectivity index (χ3n) is 3.53. The summed E-state index contributed by atoms with van der Waals surface area (Å²) < 4.78 is 0. The maximum absolute atomic E-state index is 4.51. The smallest absolute Gasteiger partial charge is 0.224 e. The van der Waals surface area contributed by atoms with Gasteiger partial charge in [0.15, 0.2) is 0 Å². The zero-order valence-corrected chi connectivity index (χ0v) is 11.0. The second-order valence-corrected chi connectivity index (χ2v) is 5.49. The van der Waals surface area contributed by atoms with E-state index in [4.69, 9.17) is 0 Å². The highest BCUT2D eigenvalue weighted by Gasteiger charge is 2.23. The van der Waals surface area contributed by atoms with Crippen LogP contribution in [0.4, 0.5) is 11.8 Å². The average Bonchev–Trinajstić information content (AvgIpc) is 2.50. The molecule has 2 rings (SSSR count). The van der Waals surface area contributed by atoms with E-state index in [1.165, 1.54) is 19.3 Å². The molecule has 0 saturated carbocycles. The summed E-state index contributed by atoms with van der Waals surface area (Å²) in [5.41, 5.74) is 0.466. The summed E-state index contributed by atoms with van der Waals surface area (Å²) in [5, 5.41) is 2.99. The highest BCUT2D eigenvalue weighted by molar-refractivity contribution is 5.42. The van der Waals surface area contributed by atoms with Crippen molar-refractivity contribution in [2.24, 2.45) is 5.41 Å². The standard InChI is InChI=1S/C13H22N4/c1-13(2)6-4-9-17(10-7-13)11-5-8-15-12(14-3)16-11/h5,8H,4,6-7,9-10H2,1-3H3,(H,14,15,16). The lowest BCUT2D eigenvalue weighted by molar-refractivity contribution is 0.325. The van der Waals surface area contributed by atoms with Crippen LogP contribution in [0.1, 0.15) is 33.1 Å². The maximum atomic E-state index is 4.51. The van der Waals surface area contributed by atoms with Gasteiger partial charge < -0.3 is 10.2 Å². The molecule has 4 nitrogen and oxygen atoms in total. The Kier molecular flexibility index (Phi) is 3.50. The molecular weight excluding hydrogens is 212 g/mol. The van der Waals surface area contributed by atoms with Crippen molar-refractivity contribution in [3.05, 3.63) is 12.3 Å². The number of hydrogen-bond acceptors (Lipinski definition) is 4. The van der Waals surface area contributed by atoms with Crippen molar-refractivity contribution in [1.82, 2.24) is 9.97 Å². The van der Waals surface area contributed by atoms with E-state index in [9.17, 15) is 0 Å². The van der Waals surface area contributed by atoms with Crippen molar-refractivity contribution >= 4 is 11.8 Å². The summed E-state index contributed by atoms with van der Waals surface area (Å²) in [7, 11) is 1.85. The summed E-state index contributed by atoms with van der Waals surface area (Å²) in [4.78, 5) is 11.0. The van der Waals surface area contributed by atoms with E-state index < -0.39 is 0 Å².